The smallest absolute Gasteiger partial charge is 0.200 e. The van der Waals surface area contributed by atoms with E-state index in [0.29, 0.717) is 41.0 Å². The van der Waals surface area contributed by atoms with E-state index in [1.807, 2.05) is 0 Å². The van der Waals surface area contributed by atoms with Crippen molar-refractivity contribution in [2.24, 2.45) is 0 Å². The van der Waals surface area contributed by atoms with Crippen LogP contribution in [-0.4, -0.2) is 25.6 Å². The predicted molar refractivity (Wildman–Crippen MR) is 78.7 cm³/mol. The van der Waals surface area contributed by atoms with Crippen LogP contribution in [-0.2, 0) is 0 Å². The average Bonchev–Trinajstić information content (AvgIpc) is 2.52. The standard InChI is InChI=1S/C16H13ClO4/c17-12-2-1-3-13(9-12)21-10-14(18)11-4-5-15-16(8-11)20-7-6-19-15/h1-5,8-9H,6-7,10H2. The molecule has 1 aliphatic rings. The molecule has 108 valence electrons. The number of halogens is 1. The van der Waals surface area contributed by atoms with Crippen LogP contribution in [0.2, 0.25) is 5.02 Å². The highest BCUT2D eigenvalue weighted by molar-refractivity contribution is 6.30. The number of ether oxygens (including phenoxy) is 3. The highest BCUT2D eigenvalue weighted by Gasteiger charge is 2.15. The van der Waals surface area contributed by atoms with Crippen LogP contribution in [0.25, 0.3) is 0 Å². The van der Waals surface area contributed by atoms with Gasteiger partial charge in [-0.3, -0.25) is 4.79 Å². The summed E-state index contributed by atoms with van der Waals surface area (Å²) in [7, 11) is 0. The molecule has 0 bridgehead atoms. The Kier molecular flexibility index (Phi) is 3.97. The van der Waals surface area contributed by atoms with Crippen molar-refractivity contribution in [1.29, 1.82) is 0 Å². The van der Waals surface area contributed by atoms with Gasteiger partial charge in [0.05, 0.1) is 0 Å². The molecule has 21 heavy (non-hydrogen) atoms. The molecule has 1 aliphatic heterocycles. The Morgan fingerprint density at radius 1 is 1.10 bits per heavy atom. The lowest BCUT2D eigenvalue weighted by Crippen LogP contribution is -2.17. The fourth-order valence-corrected chi connectivity index (χ4v) is 2.19. The van der Waals surface area contributed by atoms with Crippen LogP contribution >= 0.6 is 11.6 Å². The number of Topliss-reactive ketones (excluding diaryl/α,β-unsaturated/α-hetero) is 1. The Hall–Kier alpha value is -2.20. The van der Waals surface area contributed by atoms with Crippen molar-refractivity contribution in [3.63, 3.8) is 0 Å². The Bertz CT molecular complexity index is 669. The summed E-state index contributed by atoms with van der Waals surface area (Å²) in [6, 6.07) is 12.1. The summed E-state index contributed by atoms with van der Waals surface area (Å²) < 4.78 is 16.3. The van der Waals surface area contributed by atoms with E-state index in [2.05, 4.69) is 0 Å². The average molecular weight is 305 g/mol. The summed E-state index contributed by atoms with van der Waals surface area (Å²) in [5.74, 6) is 1.68. The Morgan fingerprint density at radius 3 is 2.71 bits per heavy atom. The largest absolute Gasteiger partial charge is 0.486 e. The van der Waals surface area contributed by atoms with E-state index in [4.69, 9.17) is 25.8 Å². The topological polar surface area (TPSA) is 44.8 Å². The number of hydrogen-bond acceptors (Lipinski definition) is 4. The van der Waals surface area contributed by atoms with Gasteiger partial charge in [-0.1, -0.05) is 17.7 Å². The minimum absolute atomic E-state index is 0.0556. The third-order valence-corrected chi connectivity index (χ3v) is 3.27. The first-order valence-corrected chi connectivity index (χ1v) is 6.91. The van der Waals surface area contributed by atoms with Crippen LogP contribution < -0.4 is 14.2 Å². The number of carbonyl (C=O) groups is 1. The fourth-order valence-electron chi connectivity index (χ4n) is 2.01. The first kappa shape index (κ1) is 13.8. The molecule has 0 fully saturated rings. The highest BCUT2D eigenvalue weighted by Crippen LogP contribution is 2.30. The molecule has 0 saturated heterocycles. The summed E-state index contributed by atoms with van der Waals surface area (Å²) in [6.07, 6.45) is 0. The van der Waals surface area contributed by atoms with Crippen LogP contribution in [0.15, 0.2) is 42.5 Å². The summed E-state index contributed by atoms with van der Waals surface area (Å²) in [4.78, 5) is 12.1. The molecule has 5 heteroatoms. The minimum atomic E-state index is -0.132. The molecule has 0 aromatic heterocycles. The van der Waals surface area contributed by atoms with Gasteiger partial charge in [0.2, 0.25) is 0 Å². The third kappa shape index (κ3) is 3.28. The number of fused-ring (bicyclic) bond motifs is 1. The van der Waals surface area contributed by atoms with Crippen LogP contribution in [0.5, 0.6) is 17.2 Å². The van der Waals surface area contributed by atoms with Gasteiger partial charge in [0.25, 0.3) is 0 Å². The molecular weight excluding hydrogens is 292 g/mol. The highest BCUT2D eigenvalue weighted by atomic mass is 35.5. The van der Waals surface area contributed by atoms with Crippen molar-refractivity contribution in [3.8, 4) is 17.2 Å². The van der Waals surface area contributed by atoms with Crippen molar-refractivity contribution in [1.82, 2.24) is 0 Å². The zero-order chi connectivity index (χ0) is 14.7. The van der Waals surface area contributed by atoms with Crippen molar-refractivity contribution in [2.45, 2.75) is 0 Å². The van der Waals surface area contributed by atoms with E-state index in [0.717, 1.165) is 0 Å². The van der Waals surface area contributed by atoms with Gasteiger partial charge in [0.15, 0.2) is 23.9 Å². The van der Waals surface area contributed by atoms with E-state index in [-0.39, 0.29) is 12.4 Å². The van der Waals surface area contributed by atoms with Gasteiger partial charge in [-0.25, -0.2) is 0 Å². The molecule has 2 aromatic carbocycles. The van der Waals surface area contributed by atoms with Gasteiger partial charge in [-0.2, -0.15) is 0 Å². The van der Waals surface area contributed by atoms with E-state index < -0.39 is 0 Å². The molecule has 0 atom stereocenters. The molecule has 0 aliphatic carbocycles. The summed E-state index contributed by atoms with van der Waals surface area (Å²) in [5, 5.41) is 0.569. The molecule has 0 saturated carbocycles. The number of carbonyl (C=O) groups excluding carboxylic acids is 1. The second-order valence-corrected chi connectivity index (χ2v) is 4.96. The van der Waals surface area contributed by atoms with Gasteiger partial charge in [0.1, 0.15) is 19.0 Å². The first-order valence-electron chi connectivity index (χ1n) is 6.53. The molecule has 0 radical (unpaired) electrons. The van der Waals surface area contributed by atoms with Crippen molar-refractivity contribution in [3.05, 3.63) is 53.1 Å². The van der Waals surface area contributed by atoms with Gasteiger partial charge in [-0.15, -0.1) is 0 Å². The van der Waals surface area contributed by atoms with Crippen LogP contribution in [0.1, 0.15) is 10.4 Å². The molecule has 1 heterocycles. The number of hydrogen-bond donors (Lipinski definition) is 0. The third-order valence-electron chi connectivity index (χ3n) is 3.03. The van der Waals surface area contributed by atoms with Crippen molar-refractivity contribution < 1.29 is 19.0 Å². The number of ketones is 1. The quantitative estimate of drug-likeness (QED) is 0.812. The van der Waals surface area contributed by atoms with Gasteiger partial charge in [-0.05, 0) is 36.4 Å². The van der Waals surface area contributed by atoms with E-state index in [9.17, 15) is 4.79 Å². The summed E-state index contributed by atoms with van der Waals surface area (Å²) in [5.41, 5.74) is 0.529. The second-order valence-electron chi connectivity index (χ2n) is 4.53. The zero-order valence-electron chi connectivity index (χ0n) is 11.2. The molecule has 2 aromatic rings. The van der Waals surface area contributed by atoms with Crippen LogP contribution in [0.3, 0.4) is 0 Å². The lowest BCUT2D eigenvalue weighted by atomic mass is 10.1. The van der Waals surface area contributed by atoms with Crippen molar-refractivity contribution in [2.75, 3.05) is 19.8 Å². The first-order chi connectivity index (χ1) is 10.2. The lowest BCUT2D eigenvalue weighted by molar-refractivity contribution is 0.0920. The van der Waals surface area contributed by atoms with E-state index in [1.54, 1.807) is 42.5 Å². The number of rotatable bonds is 4. The van der Waals surface area contributed by atoms with E-state index >= 15 is 0 Å². The zero-order valence-corrected chi connectivity index (χ0v) is 11.9. The van der Waals surface area contributed by atoms with Crippen molar-refractivity contribution >= 4 is 17.4 Å². The van der Waals surface area contributed by atoms with Gasteiger partial charge < -0.3 is 14.2 Å². The normalized spacial score (nSPS) is 12.8. The maximum Gasteiger partial charge on any atom is 0.200 e. The monoisotopic (exact) mass is 304 g/mol. The van der Waals surface area contributed by atoms with E-state index in [1.165, 1.54) is 0 Å². The maximum atomic E-state index is 12.1. The number of benzene rings is 2. The lowest BCUT2D eigenvalue weighted by Gasteiger charge is -2.18. The molecule has 0 amide bonds. The molecule has 3 rings (SSSR count). The molecule has 0 spiro atoms. The molecular formula is C16H13ClO4. The summed E-state index contributed by atoms with van der Waals surface area (Å²) >= 11 is 5.86. The Morgan fingerprint density at radius 2 is 1.90 bits per heavy atom. The molecule has 0 unspecified atom stereocenters. The Labute approximate surface area is 127 Å². The SMILES string of the molecule is O=C(COc1cccc(Cl)c1)c1ccc2c(c1)OCCO2. The van der Waals surface area contributed by atoms with Gasteiger partial charge in [0, 0.05) is 10.6 Å². The van der Waals surface area contributed by atoms with Crippen LogP contribution in [0, 0.1) is 0 Å². The Balaban J connectivity index is 1.68. The maximum absolute atomic E-state index is 12.1. The molecule has 4 nitrogen and oxygen atoms in total. The fraction of sp³-hybridized carbons (Fsp3) is 0.188. The molecule has 0 N–H and O–H groups in total. The van der Waals surface area contributed by atoms with Gasteiger partial charge >= 0.3 is 0 Å². The van der Waals surface area contributed by atoms with Crippen LogP contribution in [0.4, 0.5) is 0 Å². The minimum Gasteiger partial charge on any atom is -0.486 e. The summed E-state index contributed by atoms with van der Waals surface area (Å²) in [6.45, 7) is 0.960. The second kappa shape index (κ2) is 6.06. The predicted octanol–water partition coefficient (Wildman–Crippen LogP) is 3.37.